The molecular formula is C5H9NO3. The zero-order chi connectivity index (χ0) is 7.28. The molecule has 0 saturated heterocycles. The highest BCUT2D eigenvalue weighted by molar-refractivity contribution is 5.83. The molecule has 4 nitrogen and oxygen atoms in total. The number of hydrogen-bond donors (Lipinski definition) is 2. The molecule has 52 valence electrons. The first kappa shape index (κ1) is 8.10. The summed E-state index contributed by atoms with van der Waals surface area (Å²) in [6, 6.07) is 0. The lowest BCUT2D eigenvalue weighted by Crippen LogP contribution is -2.14. The van der Waals surface area contributed by atoms with Crippen molar-refractivity contribution in [3.8, 4) is 0 Å². The van der Waals surface area contributed by atoms with E-state index in [0.29, 0.717) is 0 Å². The Kier molecular flexibility index (Phi) is 3.62. The van der Waals surface area contributed by atoms with Gasteiger partial charge in [0.1, 0.15) is 5.78 Å². The van der Waals surface area contributed by atoms with Crippen LogP contribution in [0.5, 0.6) is 0 Å². The number of rotatable bonds is 4. The van der Waals surface area contributed by atoms with Gasteiger partial charge in [0, 0.05) is 6.42 Å². The second kappa shape index (κ2) is 4.03. The molecule has 0 bridgehead atoms. The van der Waals surface area contributed by atoms with Gasteiger partial charge in [-0.05, 0) is 0 Å². The van der Waals surface area contributed by atoms with Crippen LogP contribution < -0.4 is 5.73 Å². The van der Waals surface area contributed by atoms with Gasteiger partial charge >= 0.3 is 5.97 Å². The fraction of sp³-hybridized carbons (Fsp3) is 0.600. The summed E-state index contributed by atoms with van der Waals surface area (Å²) < 4.78 is 0. The smallest absolute Gasteiger partial charge is 0.303 e. The van der Waals surface area contributed by atoms with Crippen molar-refractivity contribution in [2.45, 2.75) is 12.8 Å². The van der Waals surface area contributed by atoms with E-state index in [0.717, 1.165) is 0 Å². The number of aliphatic carboxylic acids is 1. The van der Waals surface area contributed by atoms with Gasteiger partial charge in [-0.25, -0.2) is 0 Å². The van der Waals surface area contributed by atoms with Gasteiger partial charge in [-0.2, -0.15) is 0 Å². The van der Waals surface area contributed by atoms with Crippen LogP contribution in [-0.4, -0.2) is 23.4 Å². The van der Waals surface area contributed by atoms with E-state index in [1.807, 2.05) is 0 Å². The van der Waals surface area contributed by atoms with E-state index in [1.54, 1.807) is 0 Å². The number of carboxylic acids is 1. The Labute approximate surface area is 52.7 Å². The molecule has 0 fully saturated rings. The van der Waals surface area contributed by atoms with E-state index in [-0.39, 0.29) is 25.2 Å². The minimum absolute atomic E-state index is 0.0475. The summed E-state index contributed by atoms with van der Waals surface area (Å²) in [4.78, 5) is 20.2. The summed E-state index contributed by atoms with van der Waals surface area (Å²) in [7, 11) is 0. The van der Waals surface area contributed by atoms with Crippen LogP contribution in [0.4, 0.5) is 0 Å². The Hall–Kier alpha value is -0.900. The number of hydrogen-bond acceptors (Lipinski definition) is 3. The molecule has 0 saturated carbocycles. The lowest BCUT2D eigenvalue weighted by atomic mass is 10.5. The summed E-state index contributed by atoms with van der Waals surface area (Å²) >= 11 is 0. The third kappa shape index (κ3) is 4.96. The quantitative estimate of drug-likeness (QED) is 0.501. The molecule has 3 N–H and O–H groups in total. The number of ketones is 1. The first-order valence-corrected chi connectivity index (χ1v) is 2.60. The van der Waals surface area contributed by atoms with Gasteiger partial charge in [-0.15, -0.1) is 0 Å². The molecular weight excluding hydrogens is 124 g/mol. The van der Waals surface area contributed by atoms with E-state index in [4.69, 9.17) is 10.8 Å². The molecule has 0 aromatic rings. The number of carbonyl (C=O) groups excluding carboxylic acids is 1. The summed E-state index contributed by atoms with van der Waals surface area (Å²) in [6.07, 6.45) is -0.0676. The SMILES string of the molecule is NCC(=O)[13CH2][13CH2]C(=O)O. The fourth-order valence-electron chi connectivity index (χ4n) is 0.348. The van der Waals surface area contributed by atoms with Gasteiger partial charge in [0.15, 0.2) is 0 Å². The summed E-state index contributed by atoms with van der Waals surface area (Å²) in [5, 5.41) is 8.06. The summed E-state index contributed by atoms with van der Waals surface area (Å²) in [5.74, 6) is -1.17. The first-order valence-electron chi connectivity index (χ1n) is 2.60. The van der Waals surface area contributed by atoms with Gasteiger partial charge in [0.25, 0.3) is 0 Å². The topological polar surface area (TPSA) is 80.4 Å². The van der Waals surface area contributed by atoms with Crippen LogP contribution in [0.3, 0.4) is 0 Å². The summed E-state index contributed by atoms with van der Waals surface area (Å²) in [5.41, 5.74) is 4.92. The van der Waals surface area contributed by atoms with Crippen molar-refractivity contribution >= 4 is 11.8 Å². The predicted molar refractivity (Wildman–Crippen MR) is 30.9 cm³/mol. The van der Waals surface area contributed by atoms with Crippen molar-refractivity contribution in [3.63, 3.8) is 0 Å². The van der Waals surface area contributed by atoms with Crippen LogP contribution in [0, 0.1) is 0 Å². The average Bonchev–Trinajstić information content (AvgIpc) is 1.83. The Morgan fingerprint density at radius 3 is 2.22 bits per heavy atom. The standard InChI is InChI=1S/C5H9NO3/c6-3-4(7)1-2-5(8)9/h1-3,6H2,(H,8,9)/i1+1,2+1. The van der Waals surface area contributed by atoms with E-state index in [9.17, 15) is 9.59 Å². The molecule has 0 aromatic carbocycles. The van der Waals surface area contributed by atoms with Crippen LogP contribution in [0.1, 0.15) is 12.8 Å². The Balaban J connectivity index is 3.28. The minimum atomic E-state index is -0.961. The third-order valence-electron chi connectivity index (χ3n) is 0.845. The Morgan fingerprint density at radius 1 is 1.33 bits per heavy atom. The molecule has 4 heteroatoms. The van der Waals surface area contributed by atoms with Crippen molar-refractivity contribution in [2.75, 3.05) is 6.54 Å². The van der Waals surface area contributed by atoms with Gasteiger partial charge in [0.05, 0.1) is 13.0 Å². The monoisotopic (exact) mass is 133 g/mol. The van der Waals surface area contributed by atoms with Crippen LogP contribution in [0.15, 0.2) is 0 Å². The molecule has 0 atom stereocenters. The summed E-state index contributed by atoms with van der Waals surface area (Å²) in [6.45, 7) is -0.0622. The van der Waals surface area contributed by atoms with Crippen molar-refractivity contribution in [1.82, 2.24) is 0 Å². The predicted octanol–water partition coefficient (Wildman–Crippen LogP) is -0.621. The van der Waals surface area contributed by atoms with E-state index in [2.05, 4.69) is 0 Å². The molecule has 9 heavy (non-hydrogen) atoms. The zero-order valence-corrected chi connectivity index (χ0v) is 4.96. The van der Waals surface area contributed by atoms with E-state index >= 15 is 0 Å². The van der Waals surface area contributed by atoms with Crippen molar-refractivity contribution in [2.24, 2.45) is 5.73 Å². The maximum atomic E-state index is 10.3. The fourth-order valence-corrected chi connectivity index (χ4v) is 0.348. The van der Waals surface area contributed by atoms with Crippen LogP contribution >= 0.6 is 0 Å². The van der Waals surface area contributed by atoms with Crippen molar-refractivity contribution in [1.29, 1.82) is 0 Å². The molecule has 0 amide bonds. The highest BCUT2D eigenvalue weighted by atomic mass is 16.4. The van der Waals surface area contributed by atoms with Crippen molar-refractivity contribution < 1.29 is 14.7 Å². The minimum Gasteiger partial charge on any atom is -0.481 e. The zero-order valence-electron chi connectivity index (χ0n) is 4.96. The third-order valence-corrected chi connectivity index (χ3v) is 0.845. The molecule has 0 aliphatic carbocycles. The number of Topliss-reactive ketones (excluding diaryl/α,β-unsaturated/α-hetero) is 1. The number of carbonyl (C=O) groups is 2. The largest absolute Gasteiger partial charge is 0.481 e. The lowest BCUT2D eigenvalue weighted by molar-refractivity contribution is -0.138. The molecule has 0 spiro atoms. The molecule has 0 aromatic heterocycles. The molecule has 0 heterocycles. The molecule has 0 rings (SSSR count). The van der Waals surface area contributed by atoms with E-state index < -0.39 is 5.97 Å². The van der Waals surface area contributed by atoms with E-state index in [1.165, 1.54) is 0 Å². The van der Waals surface area contributed by atoms with Gasteiger partial charge in [-0.1, -0.05) is 0 Å². The van der Waals surface area contributed by atoms with Crippen LogP contribution in [-0.2, 0) is 9.59 Å². The second-order valence-corrected chi connectivity index (χ2v) is 1.64. The van der Waals surface area contributed by atoms with Gasteiger partial charge in [-0.3, -0.25) is 9.59 Å². The van der Waals surface area contributed by atoms with Gasteiger partial charge < -0.3 is 10.8 Å². The first-order chi connectivity index (χ1) is 4.16. The normalized spacial score (nSPS) is 9.00. The Morgan fingerprint density at radius 2 is 1.89 bits per heavy atom. The van der Waals surface area contributed by atoms with Crippen molar-refractivity contribution in [3.05, 3.63) is 0 Å². The van der Waals surface area contributed by atoms with Crippen LogP contribution in [0.2, 0.25) is 0 Å². The lowest BCUT2D eigenvalue weighted by Gasteiger charge is -1.90. The highest BCUT2D eigenvalue weighted by Crippen LogP contribution is 1.87. The second-order valence-electron chi connectivity index (χ2n) is 1.64. The van der Waals surface area contributed by atoms with Gasteiger partial charge in [0.2, 0.25) is 0 Å². The number of carboxylic acid groups (broad SMARTS) is 1. The number of nitrogens with two attached hydrogens (primary N) is 1. The van der Waals surface area contributed by atoms with Crippen LogP contribution in [0.25, 0.3) is 0 Å². The molecule has 0 aliphatic rings. The maximum absolute atomic E-state index is 10.3. The average molecular weight is 133 g/mol. The molecule has 0 unspecified atom stereocenters. The Bertz CT molecular complexity index is 121. The highest BCUT2D eigenvalue weighted by Gasteiger charge is 2.01. The maximum Gasteiger partial charge on any atom is 0.303 e. The molecule has 0 aliphatic heterocycles. The molecule has 0 radical (unpaired) electrons.